The number of nitrogens with zero attached hydrogens (tertiary/aromatic N) is 2. The molecule has 3 rings (SSSR count). The maximum Gasteiger partial charge on any atom is 0.226 e. The highest BCUT2D eigenvalue weighted by atomic mass is 79.9. The number of pyridine rings is 2. The average Bonchev–Trinajstić information content (AvgIpc) is 3.09. The molecule has 7 heteroatoms. The van der Waals surface area contributed by atoms with Gasteiger partial charge in [-0.3, -0.25) is 14.8 Å². The Kier molecular flexibility index (Phi) is 5.42. The summed E-state index contributed by atoms with van der Waals surface area (Å²) in [5.74, 6) is 0.401. The molecule has 0 saturated carbocycles. The van der Waals surface area contributed by atoms with Gasteiger partial charge in [-0.2, -0.15) is 0 Å². The van der Waals surface area contributed by atoms with Gasteiger partial charge in [-0.1, -0.05) is 0 Å². The summed E-state index contributed by atoms with van der Waals surface area (Å²) in [4.78, 5) is 20.8. The molecule has 2 atom stereocenters. The summed E-state index contributed by atoms with van der Waals surface area (Å²) in [6.45, 7) is 0.957. The third-order valence-electron chi connectivity index (χ3n) is 4.03. The van der Waals surface area contributed by atoms with Crippen LogP contribution in [0.4, 0.5) is 0 Å². The lowest BCUT2D eigenvalue weighted by molar-refractivity contribution is -0.126. The second-order valence-corrected chi connectivity index (χ2v) is 6.44. The lowest BCUT2D eigenvalue weighted by atomic mass is 9.95. The molecule has 1 saturated heterocycles. The fourth-order valence-corrected chi connectivity index (χ4v) is 3.21. The number of halogens is 1. The van der Waals surface area contributed by atoms with Gasteiger partial charge < -0.3 is 14.8 Å². The number of methoxy groups -OCH3 is 1. The van der Waals surface area contributed by atoms with Crippen molar-refractivity contribution in [1.82, 2.24) is 15.3 Å². The second-order valence-electron chi connectivity index (χ2n) is 5.53. The number of carbonyl (C=O) groups excluding carboxylic acids is 1. The summed E-state index contributed by atoms with van der Waals surface area (Å²) in [5, 5.41) is 2.97. The molecule has 0 aromatic carbocycles. The minimum atomic E-state index is -0.269. The summed E-state index contributed by atoms with van der Waals surface area (Å²) in [6, 6.07) is 3.77. The smallest absolute Gasteiger partial charge is 0.226 e. The third kappa shape index (κ3) is 3.73. The molecule has 6 nitrogen and oxygen atoms in total. The van der Waals surface area contributed by atoms with E-state index in [1.807, 2.05) is 12.1 Å². The molecule has 1 amide bonds. The number of nitrogens with one attached hydrogen (secondary N) is 1. The number of carbonyl (C=O) groups is 1. The van der Waals surface area contributed by atoms with Crippen LogP contribution in [-0.4, -0.2) is 29.6 Å². The van der Waals surface area contributed by atoms with E-state index in [1.165, 1.54) is 0 Å². The zero-order chi connectivity index (χ0) is 16.9. The van der Waals surface area contributed by atoms with Crippen LogP contribution in [0.3, 0.4) is 0 Å². The van der Waals surface area contributed by atoms with E-state index in [0.717, 1.165) is 15.6 Å². The predicted octanol–water partition coefficient (Wildman–Crippen LogP) is 2.64. The Labute approximate surface area is 148 Å². The van der Waals surface area contributed by atoms with E-state index < -0.39 is 0 Å². The van der Waals surface area contributed by atoms with Crippen LogP contribution in [0.1, 0.15) is 23.7 Å². The quantitative estimate of drug-likeness (QED) is 0.847. The minimum Gasteiger partial charge on any atom is -0.495 e. The highest BCUT2D eigenvalue weighted by Crippen LogP contribution is 2.35. The van der Waals surface area contributed by atoms with E-state index in [2.05, 4.69) is 31.2 Å². The van der Waals surface area contributed by atoms with Crippen molar-refractivity contribution in [3.8, 4) is 5.75 Å². The van der Waals surface area contributed by atoms with Gasteiger partial charge in [0.05, 0.1) is 25.3 Å². The summed E-state index contributed by atoms with van der Waals surface area (Å²) >= 11 is 3.40. The van der Waals surface area contributed by atoms with Gasteiger partial charge in [-0.25, -0.2) is 0 Å². The minimum absolute atomic E-state index is 0.0312. The van der Waals surface area contributed by atoms with E-state index in [1.54, 1.807) is 31.9 Å². The van der Waals surface area contributed by atoms with Crippen molar-refractivity contribution in [3.63, 3.8) is 0 Å². The Bertz CT molecular complexity index is 726. The first kappa shape index (κ1) is 16.9. The number of ether oxygens (including phenoxy) is 2. The van der Waals surface area contributed by atoms with Crippen molar-refractivity contribution >= 4 is 21.8 Å². The molecule has 0 bridgehead atoms. The molecule has 126 valence electrons. The third-order valence-corrected chi connectivity index (χ3v) is 4.46. The number of hydrogen-bond acceptors (Lipinski definition) is 5. The van der Waals surface area contributed by atoms with E-state index in [9.17, 15) is 4.79 Å². The fraction of sp³-hybridized carbons (Fsp3) is 0.353. The van der Waals surface area contributed by atoms with Crippen molar-refractivity contribution in [3.05, 3.63) is 52.5 Å². The van der Waals surface area contributed by atoms with Crippen LogP contribution < -0.4 is 10.1 Å². The Balaban J connectivity index is 1.68. The van der Waals surface area contributed by atoms with Crippen LogP contribution in [0.5, 0.6) is 5.75 Å². The first-order valence-electron chi connectivity index (χ1n) is 7.65. The summed E-state index contributed by atoms with van der Waals surface area (Å²) in [6.07, 6.45) is 7.19. The molecule has 2 aromatic rings. The molecule has 3 heterocycles. The van der Waals surface area contributed by atoms with Gasteiger partial charge in [0.15, 0.2) is 0 Å². The van der Waals surface area contributed by atoms with Gasteiger partial charge in [0.25, 0.3) is 0 Å². The molecule has 1 aliphatic heterocycles. The molecule has 1 fully saturated rings. The van der Waals surface area contributed by atoms with E-state index in [-0.39, 0.29) is 17.9 Å². The van der Waals surface area contributed by atoms with Crippen LogP contribution >= 0.6 is 15.9 Å². The second kappa shape index (κ2) is 7.72. The van der Waals surface area contributed by atoms with Crippen LogP contribution in [0, 0.1) is 5.92 Å². The normalized spacial score (nSPS) is 19.9. The van der Waals surface area contributed by atoms with Crippen LogP contribution in [0.25, 0.3) is 0 Å². The van der Waals surface area contributed by atoms with Gasteiger partial charge in [-0.15, -0.1) is 0 Å². The standard InChI is InChI=1S/C17H18BrN3O3/c1-23-15-10-19-4-2-11(15)8-21-17(22)14-3-5-24-16(14)12-6-13(18)9-20-7-12/h2,4,6-7,9-10,14,16H,3,5,8H2,1H3,(H,21,22)/t14-,16+/m1/s1. The van der Waals surface area contributed by atoms with Crippen LogP contribution in [-0.2, 0) is 16.1 Å². The largest absolute Gasteiger partial charge is 0.495 e. The first-order valence-corrected chi connectivity index (χ1v) is 8.45. The molecule has 1 aliphatic rings. The maximum atomic E-state index is 12.6. The molecule has 0 unspecified atom stereocenters. The lowest BCUT2D eigenvalue weighted by Crippen LogP contribution is -2.32. The summed E-state index contributed by atoms with van der Waals surface area (Å²) < 4.78 is 11.9. The zero-order valence-electron chi connectivity index (χ0n) is 13.2. The Morgan fingerprint density at radius 2 is 2.29 bits per heavy atom. The number of amides is 1. The van der Waals surface area contributed by atoms with E-state index >= 15 is 0 Å². The number of aromatic nitrogens is 2. The Hall–Kier alpha value is -1.99. The molecule has 2 aromatic heterocycles. The molecule has 1 N–H and O–H groups in total. The zero-order valence-corrected chi connectivity index (χ0v) is 14.8. The molecule has 24 heavy (non-hydrogen) atoms. The molecular formula is C17H18BrN3O3. The first-order chi connectivity index (χ1) is 11.7. The average molecular weight is 392 g/mol. The SMILES string of the molecule is COc1cnccc1CNC(=O)[C@@H]1CCO[C@H]1c1cncc(Br)c1. The Morgan fingerprint density at radius 1 is 1.42 bits per heavy atom. The molecule has 0 aliphatic carbocycles. The molecule has 0 radical (unpaired) electrons. The van der Waals surface area contributed by atoms with Gasteiger partial charge in [0, 0.05) is 47.3 Å². The van der Waals surface area contributed by atoms with Crippen molar-refractivity contribution in [2.45, 2.75) is 19.1 Å². The summed E-state index contributed by atoms with van der Waals surface area (Å²) in [7, 11) is 1.59. The highest BCUT2D eigenvalue weighted by Gasteiger charge is 2.35. The van der Waals surface area contributed by atoms with Gasteiger partial charge >= 0.3 is 0 Å². The van der Waals surface area contributed by atoms with Crippen molar-refractivity contribution in [1.29, 1.82) is 0 Å². The van der Waals surface area contributed by atoms with E-state index in [4.69, 9.17) is 9.47 Å². The van der Waals surface area contributed by atoms with Gasteiger partial charge in [0.1, 0.15) is 5.75 Å². The Morgan fingerprint density at radius 3 is 3.08 bits per heavy atom. The molecule has 0 spiro atoms. The lowest BCUT2D eigenvalue weighted by Gasteiger charge is -2.19. The maximum absolute atomic E-state index is 12.6. The summed E-state index contributed by atoms with van der Waals surface area (Å²) in [5.41, 5.74) is 1.80. The molecular weight excluding hydrogens is 374 g/mol. The van der Waals surface area contributed by atoms with Crippen LogP contribution in [0.2, 0.25) is 0 Å². The van der Waals surface area contributed by atoms with E-state index in [0.29, 0.717) is 25.3 Å². The van der Waals surface area contributed by atoms with Crippen molar-refractivity contribution in [2.75, 3.05) is 13.7 Å². The van der Waals surface area contributed by atoms with Crippen molar-refractivity contribution in [2.24, 2.45) is 5.92 Å². The highest BCUT2D eigenvalue weighted by molar-refractivity contribution is 9.10. The van der Waals surface area contributed by atoms with Crippen molar-refractivity contribution < 1.29 is 14.3 Å². The monoisotopic (exact) mass is 391 g/mol. The number of hydrogen-bond donors (Lipinski definition) is 1. The predicted molar refractivity (Wildman–Crippen MR) is 91.4 cm³/mol. The van der Waals surface area contributed by atoms with Crippen LogP contribution in [0.15, 0.2) is 41.4 Å². The number of rotatable bonds is 5. The van der Waals surface area contributed by atoms with Gasteiger partial charge in [0.2, 0.25) is 5.91 Å². The topological polar surface area (TPSA) is 73.3 Å². The van der Waals surface area contributed by atoms with Gasteiger partial charge in [-0.05, 0) is 34.5 Å². The fourth-order valence-electron chi connectivity index (χ4n) is 2.82.